The fourth-order valence-corrected chi connectivity index (χ4v) is 4.67. The fourth-order valence-electron chi connectivity index (χ4n) is 3.25. The largest absolute Gasteiger partial charge is 0.488 e. The zero-order valence-electron chi connectivity index (χ0n) is 16.5. The van der Waals surface area contributed by atoms with Crippen LogP contribution < -0.4 is 9.75 Å². The molecule has 0 atom stereocenters. The summed E-state index contributed by atoms with van der Waals surface area (Å²) in [5.41, 5.74) is 3.62. The quantitative estimate of drug-likeness (QED) is 0.356. The van der Waals surface area contributed by atoms with Gasteiger partial charge in [0, 0.05) is 27.5 Å². The first-order valence-electron chi connectivity index (χ1n) is 9.34. The number of ether oxygens (including phenoxy) is 1. The Labute approximate surface area is 190 Å². The number of hydrogen-bond donors (Lipinski definition) is 0. The van der Waals surface area contributed by atoms with E-state index >= 15 is 0 Å². The second kappa shape index (κ2) is 8.68. The van der Waals surface area contributed by atoms with E-state index < -0.39 is 0 Å². The van der Waals surface area contributed by atoms with E-state index in [-0.39, 0.29) is 5.91 Å². The highest BCUT2D eigenvalue weighted by Crippen LogP contribution is 2.34. The van der Waals surface area contributed by atoms with E-state index in [9.17, 15) is 4.79 Å². The lowest BCUT2D eigenvalue weighted by molar-refractivity contribution is -0.114. The highest BCUT2D eigenvalue weighted by atomic mass is 35.5. The molecule has 1 amide bonds. The van der Waals surface area contributed by atoms with Crippen molar-refractivity contribution in [1.29, 1.82) is 0 Å². The number of thioether (sulfide) groups is 1. The third kappa shape index (κ3) is 4.03. The summed E-state index contributed by atoms with van der Waals surface area (Å²) in [7, 11) is 0. The Morgan fingerprint density at radius 2 is 1.70 bits per heavy atom. The van der Waals surface area contributed by atoms with Crippen molar-refractivity contribution in [2.75, 3.05) is 5.01 Å². The summed E-state index contributed by atoms with van der Waals surface area (Å²) in [4.78, 5) is 13.7. The second-order valence-corrected chi connectivity index (χ2v) is 8.92. The number of carbonyl (C=O) groups excluding carboxylic acids is 1. The summed E-state index contributed by atoms with van der Waals surface area (Å²) in [6.07, 6.45) is 1.83. The minimum Gasteiger partial charge on any atom is -0.488 e. The summed E-state index contributed by atoms with van der Waals surface area (Å²) in [6.45, 7) is 4.24. The monoisotopic (exact) mass is 454 g/mol. The van der Waals surface area contributed by atoms with Crippen LogP contribution >= 0.6 is 35.6 Å². The number of aromatic nitrogens is 1. The van der Waals surface area contributed by atoms with Gasteiger partial charge in [-0.1, -0.05) is 59.8 Å². The zero-order valence-corrected chi connectivity index (χ0v) is 18.9. The molecular weight excluding hydrogens is 436 g/mol. The average molecular weight is 455 g/mol. The second-order valence-electron chi connectivity index (χ2n) is 6.84. The summed E-state index contributed by atoms with van der Waals surface area (Å²) < 4.78 is 8.36. The van der Waals surface area contributed by atoms with Gasteiger partial charge < -0.3 is 4.74 Å². The minimum atomic E-state index is -0.145. The molecular formula is C23H19ClN2O2S2. The third-order valence-corrected chi connectivity index (χ3v) is 6.41. The topological polar surface area (TPSA) is 34.5 Å². The molecule has 152 valence electrons. The molecule has 0 spiro atoms. The number of para-hydroxylation sites is 1. The molecule has 1 aliphatic heterocycles. The molecule has 1 aliphatic rings. The van der Waals surface area contributed by atoms with Crippen molar-refractivity contribution in [2.24, 2.45) is 0 Å². The van der Waals surface area contributed by atoms with Gasteiger partial charge in [0.1, 0.15) is 12.4 Å². The molecule has 2 heterocycles. The predicted molar refractivity (Wildman–Crippen MR) is 128 cm³/mol. The maximum absolute atomic E-state index is 13.1. The first kappa shape index (κ1) is 20.7. The summed E-state index contributed by atoms with van der Waals surface area (Å²) in [5.74, 6) is 0.532. The van der Waals surface area contributed by atoms with Gasteiger partial charge >= 0.3 is 0 Å². The van der Waals surface area contributed by atoms with Crippen LogP contribution in [0, 0.1) is 13.8 Å². The molecule has 0 radical (unpaired) electrons. The number of amides is 1. The molecule has 0 N–H and O–H groups in total. The standard InChI is InChI=1S/C23H19ClN2O2S2/c1-15-11-12-16(2)25(15)26-22(27)21(30-23(26)29)13-17-7-4-6-10-20(17)28-14-18-8-3-5-9-19(18)24/h3-13H,14H2,1-2H3/b21-13+. The lowest BCUT2D eigenvalue weighted by Gasteiger charge is -2.20. The number of thiocarbonyl (C=S) groups is 1. The van der Waals surface area contributed by atoms with Crippen LogP contribution in [0.25, 0.3) is 6.08 Å². The van der Waals surface area contributed by atoms with Gasteiger partial charge in [0.15, 0.2) is 4.32 Å². The maximum Gasteiger partial charge on any atom is 0.285 e. The summed E-state index contributed by atoms with van der Waals surface area (Å²) in [5, 5.41) is 2.21. The molecule has 1 aromatic heterocycles. The molecule has 7 heteroatoms. The number of hydrogen-bond acceptors (Lipinski definition) is 4. The molecule has 4 rings (SSSR count). The molecule has 1 fully saturated rings. The van der Waals surface area contributed by atoms with Crippen LogP contribution in [-0.2, 0) is 11.4 Å². The van der Waals surface area contributed by atoms with Gasteiger partial charge in [-0.15, -0.1) is 0 Å². The number of benzene rings is 2. The van der Waals surface area contributed by atoms with Crippen LogP contribution in [0.5, 0.6) is 5.75 Å². The molecule has 0 bridgehead atoms. The maximum atomic E-state index is 13.1. The van der Waals surface area contributed by atoms with Gasteiger partial charge in [0.05, 0.1) is 4.91 Å². The van der Waals surface area contributed by atoms with Crippen LogP contribution in [0.2, 0.25) is 5.02 Å². The van der Waals surface area contributed by atoms with Crippen molar-refractivity contribution in [3.63, 3.8) is 0 Å². The van der Waals surface area contributed by atoms with E-state index in [0.29, 0.717) is 26.6 Å². The van der Waals surface area contributed by atoms with E-state index in [1.54, 1.807) is 5.01 Å². The Balaban J connectivity index is 1.60. The molecule has 2 aromatic carbocycles. The Hall–Kier alpha value is -2.54. The van der Waals surface area contributed by atoms with Crippen molar-refractivity contribution in [3.05, 3.63) is 93.1 Å². The first-order chi connectivity index (χ1) is 14.5. The van der Waals surface area contributed by atoms with Crippen molar-refractivity contribution in [3.8, 4) is 5.75 Å². The molecule has 0 aliphatic carbocycles. The van der Waals surface area contributed by atoms with Gasteiger partial charge in [-0.25, -0.2) is 0 Å². The van der Waals surface area contributed by atoms with Gasteiger partial charge in [0.2, 0.25) is 0 Å². The summed E-state index contributed by atoms with van der Waals surface area (Å²) in [6, 6.07) is 19.1. The zero-order chi connectivity index (χ0) is 21.3. The van der Waals surface area contributed by atoms with E-state index in [0.717, 1.165) is 22.5 Å². The number of carbonyl (C=O) groups is 1. The van der Waals surface area contributed by atoms with Gasteiger partial charge in [-0.05, 0) is 56.4 Å². The average Bonchev–Trinajstić information content (AvgIpc) is 3.19. The number of halogens is 1. The lowest BCUT2D eigenvalue weighted by atomic mass is 10.2. The van der Waals surface area contributed by atoms with Gasteiger partial charge in [0.25, 0.3) is 5.91 Å². The van der Waals surface area contributed by atoms with Crippen molar-refractivity contribution < 1.29 is 9.53 Å². The number of aryl methyl sites for hydroxylation is 2. The van der Waals surface area contributed by atoms with Crippen LogP contribution in [0.4, 0.5) is 0 Å². The van der Waals surface area contributed by atoms with Gasteiger partial charge in [-0.2, -0.15) is 5.01 Å². The van der Waals surface area contributed by atoms with E-state index in [1.807, 2.05) is 85.3 Å². The Kier molecular flexibility index (Phi) is 5.99. The van der Waals surface area contributed by atoms with Crippen LogP contribution in [-0.4, -0.2) is 14.9 Å². The highest BCUT2D eigenvalue weighted by Gasteiger charge is 2.34. The Morgan fingerprint density at radius 1 is 1.03 bits per heavy atom. The molecule has 3 aromatic rings. The minimum absolute atomic E-state index is 0.145. The van der Waals surface area contributed by atoms with Crippen LogP contribution in [0.15, 0.2) is 65.6 Å². The molecule has 0 unspecified atom stereocenters. The number of rotatable bonds is 5. The smallest absolute Gasteiger partial charge is 0.285 e. The first-order valence-corrected chi connectivity index (χ1v) is 10.9. The number of nitrogens with zero attached hydrogens (tertiary/aromatic N) is 2. The Bertz CT molecular complexity index is 1150. The summed E-state index contributed by atoms with van der Waals surface area (Å²) >= 11 is 13.0. The van der Waals surface area contributed by atoms with Crippen LogP contribution in [0.1, 0.15) is 22.5 Å². The van der Waals surface area contributed by atoms with Crippen molar-refractivity contribution in [2.45, 2.75) is 20.5 Å². The van der Waals surface area contributed by atoms with Crippen molar-refractivity contribution >= 4 is 51.9 Å². The van der Waals surface area contributed by atoms with E-state index in [2.05, 4.69) is 0 Å². The molecule has 30 heavy (non-hydrogen) atoms. The van der Waals surface area contributed by atoms with Crippen molar-refractivity contribution in [1.82, 2.24) is 4.68 Å². The van der Waals surface area contributed by atoms with Gasteiger partial charge in [-0.3, -0.25) is 9.47 Å². The van der Waals surface area contributed by atoms with E-state index in [1.165, 1.54) is 11.8 Å². The normalized spacial score (nSPS) is 15.3. The Morgan fingerprint density at radius 3 is 2.43 bits per heavy atom. The molecule has 1 saturated heterocycles. The molecule has 4 nitrogen and oxygen atoms in total. The SMILES string of the molecule is Cc1ccc(C)n1N1C(=O)/C(=C\c2ccccc2OCc2ccccc2Cl)SC1=S. The lowest BCUT2D eigenvalue weighted by Crippen LogP contribution is -2.39. The fraction of sp³-hybridized carbons (Fsp3) is 0.130. The predicted octanol–water partition coefficient (Wildman–Crippen LogP) is 5.87. The highest BCUT2D eigenvalue weighted by molar-refractivity contribution is 8.27. The third-order valence-electron chi connectivity index (χ3n) is 4.75. The molecule has 0 saturated carbocycles. The van der Waals surface area contributed by atoms with Crippen LogP contribution in [0.3, 0.4) is 0 Å². The van der Waals surface area contributed by atoms with E-state index in [4.69, 9.17) is 28.6 Å².